The number of aromatic nitrogens is 2. The summed E-state index contributed by atoms with van der Waals surface area (Å²) in [5, 5.41) is 17.0. The van der Waals surface area contributed by atoms with Crippen molar-refractivity contribution in [1.29, 1.82) is 0 Å². The largest absolute Gasteiger partial charge is 0.481 e. The number of carbonyl (C=O) groups excluding carboxylic acids is 1. The maximum absolute atomic E-state index is 14.1. The third kappa shape index (κ3) is 9.89. The molecule has 0 spiro atoms. The van der Waals surface area contributed by atoms with E-state index in [1.54, 1.807) is 6.92 Å². The topological polar surface area (TPSA) is 188 Å². The minimum absolute atomic E-state index is 0.00270. The van der Waals surface area contributed by atoms with Gasteiger partial charge in [-0.1, -0.05) is 63.3 Å². The fraction of sp³-hybridized carbons (Fsp3) is 0.512. The molecule has 1 amide bonds. The van der Waals surface area contributed by atoms with Gasteiger partial charge < -0.3 is 24.0 Å². The zero-order valence-electron chi connectivity index (χ0n) is 31.5. The number of primary sulfonamides is 1. The van der Waals surface area contributed by atoms with Crippen LogP contribution < -0.4 is 10.5 Å². The molecule has 4 heterocycles. The number of carboxylic acids is 1. The maximum atomic E-state index is 14.1. The molecular weight excluding hydrogens is 728 g/mol. The van der Waals surface area contributed by atoms with Crippen molar-refractivity contribution >= 4 is 21.9 Å². The van der Waals surface area contributed by atoms with E-state index in [2.05, 4.69) is 28.3 Å². The lowest BCUT2D eigenvalue weighted by molar-refractivity contribution is -0.136. The van der Waals surface area contributed by atoms with E-state index in [-0.39, 0.29) is 36.4 Å². The lowest BCUT2D eigenvalue weighted by atomic mass is 9.75. The minimum atomic E-state index is -4.08. The highest BCUT2D eigenvalue weighted by Crippen LogP contribution is 2.50. The lowest BCUT2D eigenvalue weighted by Crippen LogP contribution is -2.28. The monoisotopic (exact) mass is 778 g/mol. The van der Waals surface area contributed by atoms with Crippen molar-refractivity contribution in [3.63, 3.8) is 0 Å². The molecule has 2 saturated heterocycles. The molecule has 2 unspecified atom stereocenters. The molecule has 0 radical (unpaired) electrons. The van der Waals surface area contributed by atoms with E-state index in [0.717, 1.165) is 87.1 Å². The molecule has 1 aliphatic carbocycles. The zero-order valence-corrected chi connectivity index (χ0v) is 32.3. The number of ether oxygens (including phenoxy) is 1. The summed E-state index contributed by atoms with van der Waals surface area (Å²) in [5.41, 5.74) is 3.86. The summed E-state index contributed by atoms with van der Waals surface area (Å²) in [5.74, 6) is 0.249. The van der Waals surface area contributed by atoms with Crippen LogP contribution in [0.15, 0.2) is 62.5 Å². The number of nitrogens with one attached hydrogen (secondary N) is 1. The van der Waals surface area contributed by atoms with Gasteiger partial charge in [-0.25, -0.2) is 27.9 Å². The molecule has 4 atom stereocenters. The van der Waals surface area contributed by atoms with Crippen molar-refractivity contribution in [2.45, 2.75) is 126 Å². The Morgan fingerprint density at radius 2 is 1.75 bits per heavy atom. The molecule has 2 aromatic heterocycles. The molecule has 14 heteroatoms. The summed E-state index contributed by atoms with van der Waals surface area (Å²) in [6.07, 6.45) is 13.8. The SMILES string of the molecule is CCCCCNC(=O)c1coc([C@@H]2C3CCC(O3)[C@@H]2Cc2ccccc2CCC(=O)O)n1.Cc1nc(C2CCCCC2)c(-c2ccc(S(N)(=O)=O)c(F)c2)o1. The van der Waals surface area contributed by atoms with Gasteiger partial charge in [-0.15, -0.1) is 0 Å². The van der Waals surface area contributed by atoms with Crippen molar-refractivity contribution in [2.24, 2.45) is 11.1 Å². The van der Waals surface area contributed by atoms with Crippen molar-refractivity contribution in [1.82, 2.24) is 15.3 Å². The predicted molar refractivity (Wildman–Crippen MR) is 202 cm³/mol. The van der Waals surface area contributed by atoms with Crippen LogP contribution in [0.4, 0.5) is 4.39 Å². The van der Waals surface area contributed by atoms with Crippen molar-refractivity contribution in [2.75, 3.05) is 6.54 Å². The minimum Gasteiger partial charge on any atom is -0.481 e. The van der Waals surface area contributed by atoms with Gasteiger partial charge in [-0.3, -0.25) is 9.59 Å². The van der Waals surface area contributed by atoms with E-state index >= 15 is 0 Å². The number of nitrogens with zero attached hydrogens (tertiary/aromatic N) is 2. The Hall–Kier alpha value is -4.40. The van der Waals surface area contributed by atoms with Gasteiger partial charge in [0, 0.05) is 37.3 Å². The predicted octanol–water partition coefficient (Wildman–Crippen LogP) is 7.60. The molecule has 4 aromatic rings. The van der Waals surface area contributed by atoms with Crippen molar-refractivity contribution < 1.29 is 41.1 Å². The standard InChI is InChI=1S/C25H32N2O5.C16H19FN2O3S/c1-2-3-6-13-26-24(30)19-15-31-25(27-19)23-18(20-10-11-21(23)32-20)14-17-8-5-4-7-16(17)9-12-22(28)29;1-10-19-15(11-5-3-2-4-6-11)16(22-10)12-7-8-14(13(17)9-12)23(18,20)21/h4-5,7-8,15,18,20-21,23H,2-3,6,9-14H2,1H3,(H,26,30)(H,28,29);7-9,11H,2-6H2,1H3,(H2,18,20,21)/t18-,20?,21?,23-;/m0./s1. The van der Waals surface area contributed by atoms with Crippen LogP contribution in [0.25, 0.3) is 11.3 Å². The Morgan fingerprint density at radius 1 is 1.00 bits per heavy atom. The number of aliphatic carboxylic acids is 1. The summed E-state index contributed by atoms with van der Waals surface area (Å²) in [4.78, 5) is 32.0. The normalized spacial score (nSPS) is 20.9. The summed E-state index contributed by atoms with van der Waals surface area (Å²) < 4.78 is 54.4. The van der Waals surface area contributed by atoms with E-state index in [0.29, 0.717) is 47.7 Å². The Bertz CT molecular complexity index is 2060. The van der Waals surface area contributed by atoms with Crippen LogP contribution in [0.5, 0.6) is 0 Å². The van der Waals surface area contributed by atoms with Gasteiger partial charge in [0.25, 0.3) is 5.91 Å². The van der Waals surface area contributed by atoms with E-state index in [1.807, 2.05) is 18.2 Å². The van der Waals surface area contributed by atoms with Gasteiger partial charge >= 0.3 is 5.97 Å². The molecule has 12 nitrogen and oxygen atoms in total. The van der Waals surface area contributed by atoms with Gasteiger partial charge in [0.1, 0.15) is 17.0 Å². The van der Waals surface area contributed by atoms with Gasteiger partial charge in [0.2, 0.25) is 15.9 Å². The molecule has 7 rings (SSSR count). The number of oxazole rings is 2. The van der Waals surface area contributed by atoms with Crippen LogP contribution >= 0.6 is 0 Å². The van der Waals surface area contributed by atoms with Gasteiger partial charge in [0.05, 0.1) is 23.8 Å². The fourth-order valence-corrected chi connectivity index (χ4v) is 8.85. The van der Waals surface area contributed by atoms with Crippen LogP contribution in [0, 0.1) is 18.7 Å². The van der Waals surface area contributed by atoms with Gasteiger partial charge in [-0.05, 0) is 74.3 Å². The first kappa shape index (κ1) is 40.3. The fourth-order valence-electron chi connectivity index (χ4n) is 8.26. The van der Waals surface area contributed by atoms with Crippen molar-refractivity contribution in [3.05, 3.63) is 88.8 Å². The van der Waals surface area contributed by atoms with E-state index in [1.165, 1.54) is 24.8 Å². The molecule has 2 aliphatic heterocycles. The Kier molecular flexibility index (Phi) is 13.2. The molecule has 296 valence electrons. The average Bonchev–Trinajstić information content (AvgIpc) is 3.98. The lowest BCUT2D eigenvalue weighted by Gasteiger charge is -2.26. The van der Waals surface area contributed by atoms with Gasteiger partial charge in [-0.2, -0.15) is 0 Å². The van der Waals surface area contributed by atoms with E-state index < -0.39 is 26.7 Å². The molecule has 2 aromatic carbocycles. The first-order valence-corrected chi connectivity index (χ1v) is 20.9. The molecular formula is C41H51FN4O8S. The second kappa shape index (κ2) is 18.0. The molecule has 1 saturated carbocycles. The Morgan fingerprint density at radius 3 is 2.45 bits per heavy atom. The van der Waals surface area contributed by atoms with Crippen LogP contribution in [0.1, 0.15) is 128 Å². The number of sulfonamides is 1. The van der Waals surface area contributed by atoms with Crippen LogP contribution in [-0.4, -0.2) is 54.1 Å². The first-order valence-electron chi connectivity index (χ1n) is 19.4. The average molecular weight is 779 g/mol. The molecule has 4 N–H and O–H groups in total. The number of nitrogens with two attached hydrogens (primary N) is 1. The second-order valence-electron chi connectivity index (χ2n) is 14.9. The quantitative estimate of drug-likeness (QED) is 0.108. The third-order valence-corrected chi connectivity index (χ3v) is 11.9. The smallest absolute Gasteiger partial charge is 0.303 e. The number of carboxylic acid groups (broad SMARTS) is 1. The number of hydrogen-bond donors (Lipinski definition) is 3. The van der Waals surface area contributed by atoms with E-state index in [4.69, 9.17) is 23.8 Å². The van der Waals surface area contributed by atoms with E-state index in [9.17, 15) is 22.4 Å². The number of fused-ring (bicyclic) bond motifs is 2. The number of carbonyl (C=O) groups is 2. The first-order chi connectivity index (χ1) is 26.4. The third-order valence-electron chi connectivity index (χ3n) is 11.0. The number of benzene rings is 2. The summed E-state index contributed by atoms with van der Waals surface area (Å²) in [7, 11) is -4.08. The molecule has 2 bridgehead atoms. The number of aryl methyl sites for hydroxylation is 2. The maximum Gasteiger partial charge on any atom is 0.303 e. The van der Waals surface area contributed by atoms with Gasteiger partial charge in [0.15, 0.2) is 17.3 Å². The molecule has 3 fully saturated rings. The van der Waals surface area contributed by atoms with Crippen LogP contribution in [0.2, 0.25) is 0 Å². The second-order valence-corrected chi connectivity index (χ2v) is 16.4. The summed E-state index contributed by atoms with van der Waals surface area (Å²) in [6, 6.07) is 11.9. The highest BCUT2D eigenvalue weighted by Gasteiger charge is 2.51. The number of rotatable bonds is 14. The van der Waals surface area contributed by atoms with Crippen molar-refractivity contribution in [3.8, 4) is 11.3 Å². The van der Waals surface area contributed by atoms with Crippen LogP contribution in [-0.2, 0) is 32.4 Å². The van der Waals surface area contributed by atoms with Crippen LogP contribution in [0.3, 0.4) is 0 Å². The highest BCUT2D eigenvalue weighted by atomic mass is 32.2. The number of hydrogen-bond acceptors (Lipinski definition) is 9. The highest BCUT2D eigenvalue weighted by molar-refractivity contribution is 7.89. The number of unbranched alkanes of at least 4 members (excludes halogenated alkanes) is 2. The summed E-state index contributed by atoms with van der Waals surface area (Å²) >= 11 is 0. The number of halogens is 1. The zero-order chi connectivity index (χ0) is 39.1. The number of amides is 1. The molecule has 55 heavy (non-hydrogen) atoms. The Balaban J connectivity index is 0.000000197. The Labute approximate surface area is 321 Å². The molecule has 3 aliphatic rings. The summed E-state index contributed by atoms with van der Waals surface area (Å²) in [6.45, 7) is 4.52.